The molecule has 3 N–H and O–H groups in total. The molecule has 82 valence electrons. The van der Waals surface area contributed by atoms with Gasteiger partial charge in [-0.1, -0.05) is 0 Å². The Labute approximate surface area is 91.1 Å². The van der Waals surface area contributed by atoms with Gasteiger partial charge in [0.05, 0.1) is 0 Å². The molecule has 2 heterocycles. The molecular weight excluding hydrogens is 186 g/mol. The van der Waals surface area contributed by atoms with Crippen LogP contribution in [0.1, 0.15) is 24.8 Å². The molecule has 0 saturated carbocycles. The highest BCUT2D eigenvalue weighted by Gasteiger charge is 2.28. The zero-order chi connectivity index (χ0) is 10.7. The van der Waals surface area contributed by atoms with Gasteiger partial charge in [0.1, 0.15) is 0 Å². The van der Waals surface area contributed by atoms with E-state index in [1.54, 1.807) is 0 Å². The van der Waals surface area contributed by atoms with Gasteiger partial charge >= 0.3 is 0 Å². The van der Waals surface area contributed by atoms with Gasteiger partial charge in [-0.15, -0.1) is 0 Å². The summed E-state index contributed by atoms with van der Waals surface area (Å²) in [5, 5.41) is 3.49. The summed E-state index contributed by atoms with van der Waals surface area (Å²) in [6.07, 6.45) is 4.91. The van der Waals surface area contributed by atoms with Crippen molar-refractivity contribution in [2.24, 2.45) is 11.7 Å². The van der Waals surface area contributed by atoms with Crippen LogP contribution in [0.15, 0.2) is 24.5 Å². The second-order valence-electron chi connectivity index (χ2n) is 4.43. The van der Waals surface area contributed by atoms with Crippen molar-refractivity contribution in [1.82, 2.24) is 10.3 Å². The Morgan fingerprint density at radius 2 is 2.20 bits per heavy atom. The Morgan fingerprint density at radius 3 is 2.87 bits per heavy atom. The Balaban J connectivity index is 2.17. The maximum absolute atomic E-state index is 5.82. The lowest BCUT2D eigenvalue weighted by atomic mass is 9.79. The summed E-state index contributed by atoms with van der Waals surface area (Å²) >= 11 is 0. The largest absolute Gasteiger partial charge is 0.330 e. The van der Waals surface area contributed by atoms with E-state index in [1.807, 2.05) is 12.4 Å². The van der Waals surface area contributed by atoms with Crippen molar-refractivity contribution < 1.29 is 0 Å². The molecule has 15 heavy (non-hydrogen) atoms. The summed E-state index contributed by atoms with van der Waals surface area (Å²) in [6.45, 7) is 4.03. The molecule has 3 heteroatoms. The van der Waals surface area contributed by atoms with E-state index in [0.717, 1.165) is 13.1 Å². The van der Waals surface area contributed by atoms with Gasteiger partial charge in [-0.25, -0.2) is 0 Å². The van der Waals surface area contributed by atoms with Gasteiger partial charge < -0.3 is 11.1 Å². The van der Waals surface area contributed by atoms with Crippen molar-refractivity contribution in [3.8, 4) is 0 Å². The predicted molar refractivity (Wildman–Crippen MR) is 61.6 cm³/mol. The molecule has 0 bridgehead atoms. The third-order valence-electron chi connectivity index (χ3n) is 3.34. The molecule has 2 rings (SSSR count). The van der Waals surface area contributed by atoms with Gasteiger partial charge in [-0.3, -0.25) is 4.98 Å². The topological polar surface area (TPSA) is 50.9 Å². The minimum absolute atomic E-state index is 0.559. The minimum Gasteiger partial charge on any atom is -0.330 e. The van der Waals surface area contributed by atoms with Crippen LogP contribution < -0.4 is 11.1 Å². The first kappa shape index (κ1) is 10.6. The zero-order valence-electron chi connectivity index (χ0n) is 9.19. The van der Waals surface area contributed by atoms with Crippen LogP contribution in [-0.4, -0.2) is 24.1 Å². The van der Waals surface area contributed by atoms with E-state index in [1.165, 1.54) is 12.0 Å². The molecule has 0 amide bonds. The molecule has 3 unspecified atom stereocenters. The SMILES string of the molecule is CC1CC(c2ccncc2)C(CN)CN1. The van der Waals surface area contributed by atoms with Crippen LogP contribution in [-0.2, 0) is 0 Å². The maximum Gasteiger partial charge on any atom is 0.0270 e. The predicted octanol–water partition coefficient (Wildman–Crippen LogP) is 1.12. The molecule has 1 saturated heterocycles. The van der Waals surface area contributed by atoms with Gasteiger partial charge in [0.25, 0.3) is 0 Å². The fourth-order valence-corrected chi connectivity index (χ4v) is 2.42. The van der Waals surface area contributed by atoms with Crippen LogP contribution in [0.4, 0.5) is 0 Å². The summed E-state index contributed by atoms with van der Waals surface area (Å²) in [7, 11) is 0. The molecule has 0 aliphatic carbocycles. The van der Waals surface area contributed by atoms with Gasteiger partial charge in [0.2, 0.25) is 0 Å². The number of nitrogens with zero attached hydrogens (tertiary/aromatic N) is 1. The highest BCUT2D eigenvalue weighted by Crippen LogP contribution is 2.31. The van der Waals surface area contributed by atoms with Crippen molar-refractivity contribution in [3.63, 3.8) is 0 Å². The quantitative estimate of drug-likeness (QED) is 0.760. The molecule has 0 spiro atoms. The number of rotatable bonds is 2. The zero-order valence-corrected chi connectivity index (χ0v) is 9.19. The highest BCUT2D eigenvalue weighted by molar-refractivity contribution is 5.18. The third kappa shape index (κ3) is 2.36. The molecule has 1 fully saturated rings. The molecule has 1 aliphatic heterocycles. The van der Waals surface area contributed by atoms with Crippen molar-refractivity contribution >= 4 is 0 Å². The van der Waals surface area contributed by atoms with Gasteiger partial charge in [0.15, 0.2) is 0 Å². The van der Waals surface area contributed by atoms with Crippen LogP contribution in [0.3, 0.4) is 0 Å². The Hall–Kier alpha value is -0.930. The first-order valence-corrected chi connectivity index (χ1v) is 5.64. The number of nitrogens with one attached hydrogen (secondary N) is 1. The monoisotopic (exact) mass is 205 g/mol. The summed E-state index contributed by atoms with van der Waals surface area (Å²) in [5.74, 6) is 1.15. The van der Waals surface area contributed by atoms with Gasteiger partial charge in [-0.2, -0.15) is 0 Å². The minimum atomic E-state index is 0.559. The summed E-state index contributed by atoms with van der Waals surface area (Å²) in [5.41, 5.74) is 7.20. The van der Waals surface area contributed by atoms with Crippen LogP contribution in [0.5, 0.6) is 0 Å². The van der Waals surface area contributed by atoms with Crippen LogP contribution in [0.25, 0.3) is 0 Å². The van der Waals surface area contributed by atoms with Crippen molar-refractivity contribution in [1.29, 1.82) is 0 Å². The molecule has 0 radical (unpaired) electrons. The number of nitrogens with two attached hydrogens (primary N) is 1. The number of hydrogen-bond acceptors (Lipinski definition) is 3. The lowest BCUT2D eigenvalue weighted by Gasteiger charge is -2.35. The van der Waals surface area contributed by atoms with Gasteiger partial charge in [-0.05, 0) is 56.0 Å². The highest BCUT2D eigenvalue weighted by atomic mass is 14.9. The Kier molecular flexibility index (Phi) is 3.34. The van der Waals surface area contributed by atoms with E-state index < -0.39 is 0 Å². The van der Waals surface area contributed by atoms with E-state index in [2.05, 4.69) is 29.4 Å². The Morgan fingerprint density at radius 1 is 1.47 bits per heavy atom. The molecule has 1 aromatic heterocycles. The number of aromatic nitrogens is 1. The Bertz CT molecular complexity index is 299. The molecule has 1 aromatic rings. The first-order valence-electron chi connectivity index (χ1n) is 5.64. The van der Waals surface area contributed by atoms with Crippen molar-refractivity contribution in [2.75, 3.05) is 13.1 Å². The summed E-state index contributed by atoms with van der Waals surface area (Å²) < 4.78 is 0. The second kappa shape index (κ2) is 4.73. The van der Waals surface area contributed by atoms with E-state index in [9.17, 15) is 0 Å². The normalized spacial score (nSPS) is 31.5. The lowest BCUT2D eigenvalue weighted by Crippen LogP contribution is -2.44. The number of piperidine rings is 1. The summed E-state index contributed by atoms with van der Waals surface area (Å²) in [4.78, 5) is 4.06. The standard InChI is InChI=1S/C12H19N3/c1-9-6-12(11(7-13)8-15-9)10-2-4-14-5-3-10/h2-5,9,11-12,15H,6-8,13H2,1H3. The second-order valence-corrected chi connectivity index (χ2v) is 4.43. The van der Waals surface area contributed by atoms with E-state index in [0.29, 0.717) is 17.9 Å². The van der Waals surface area contributed by atoms with Gasteiger partial charge in [0, 0.05) is 18.4 Å². The molecular formula is C12H19N3. The van der Waals surface area contributed by atoms with E-state index >= 15 is 0 Å². The smallest absolute Gasteiger partial charge is 0.0270 e. The van der Waals surface area contributed by atoms with Crippen LogP contribution in [0, 0.1) is 5.92 Å². The number of hydrogen-bond donors (Lipinski definition) is 2. The average Bonchev–Trinajstić information content (AvgIpc) is 2.30. The molecule has 0 aromatic carbocycles. The van der Waals surface area contributed by atoms with Crippen LogP contribution in [0.2, 0.25) is 0 Å². The lowest BCUT2D eigenvalue weighted by molar-refractivity contribution is 0.285. The van der Waals surface area contributed by atoms with E-state index in [4.69, 9.17) is 5.73 Å². The molecule has 3 nitrogen and oxygen atoms in total. The molecule has 3 atom stereocenters. The third-order valence-corrected chi connectivity index (χ3v) is 3.34. The number of pyridine rings is 1. The molecule has 1 aliphatic rings. The fraction of sp³-hybridized carbons (Fsp3) is 0.583. The van der Waals surface area contributed by atoms with Crippen LogP contribution >= 0.6 is 0 Å². The first-order chi connectivity index (χ1) is 7.31. The van der Waals surface area contributed by atoms with Crippen molar-refractivity contribution in [2.45, 2.75) is 25.3 Å². The van der Waals surface area contributed by atoms with E-state index in [-0.39, 0.29) is 0 Å². The fourth-order valence-electron chi connectivity index (χ4n) is 2.42. The van der Waals surface area contributed by atoms with Crippen molar-refractivity contribution in [3.05, 3.63) is 30.1 Å². The maximum atomic E-state index is 5.82. The average molecular weight is 205 g/mol. The summed E-state index contributed by atoms with van der Waals surface area (Å²) in [6, 6.07) is 4.82.